The lowest BCUT2D eigenvalue weighted by molar-refractivity contribution is 0.193. The molecule has 1 atom stereocenters. The van der Waals surface area contributed by atoms with E-state index in [1.807, 2.05) is 13.1 Å². The number of anilines is 1. The molecule has 1 aliphatic heterocycles. The average molecular weight is 208 g/mol. The van der Waals surface area contributed by atoms with Gasteiger partial charge in [-0.2, -0.15) is 0 Å². The number of aliphatic hydroxyl groups excluding tert-OH is 1. The van der Waals surface area contributed by atoms with Crippen molar-refractivity contribution in [2.75, 3.05) is 25.2 Å². The SMILES string of the molecule is CN(c1ccncc1CO)C1CCOC1. The van der Waals surface area contributed by atoms with E-state index in [0.29, 0.717) is 6.04 Å². The molecule has 0 spiro atoms. The molecule has 1 N–H and O–H groups in total. The van der Waals surface area contributed by atoms with E-state index >= 15 is 0 Å². The minimum Gasteiger partial charge on any atom is -0.392 e. The van der Waals surface area contributed by atoms with E-state index in [-0.39, 0.29) is 6.61 Å². The molecule has 1 aromatic heterocycles. The fourth-order valence-electron chi connectivity index (χ4n) is 1.91. The molecule has 4 heteroatoms. The Balaban J connectivity index is 2.19. The van der Waals surface area contributed by atoms with Crippen LogP contribution >= 0.6 is 0 Å². The summed E-state index contributed by atoms with van der Waals surface area (Å²) in [6.07, 6.45) is 4.51. The summed E-state index contributed by atoms with van der Waals surface area (Å²) in [4.78, 5) is 6.17. The van der Waals surface area contributed by atoms with Gasteiger partial charge in [0.2, 0.25) is 0 Å². The minimum atomic E-state index is 0.0289. The van der Waals surface area contributed by atoms with Gasteiger partial charge in [0.25, 0.3) is 0 Å². The molecular formula is C11H16N2O2. The van der Waals surface area contributed by atoms with Gasteiger partial charge in [-0.05, 0) is 12.5 Å². The maximum absolute atomic E-state index is 9.21. The van der Waals surface area contributed by atoms with Crippen LogP contribution in [0.15, 0.2) is 18.5 Å². The van der Waals surface area contributed by atoms with Crippen LogP contribution in [0.1, 0.15) is 12.0 Å². The molecule has 0 aromatic carbocycles. The van der Waals surface area contributed by atoms with Gasteiger partial charge in [-0.15, -0.1) is 0 Å². The Labute approximate surface area is 89.5 Å². The number of ether oxygens (including phenoxy) is 1. The van der Waals surface area contributed by atoms with Gasteiger partial charge < -0.3 is 14.7 Å². The van der Waals surface area contributed by atoms with Crippen molar-refractivity contribution in [1.82, 2.24) is 4.98 Å². The highest BCUT2D eigenvalue weighted by Gasteiger charge is 2.21. The molecule has 0 bridgehead atoms. The van der Waals surface area contributed by atoms with E-state index in [1.165, 1.54) is 0 Å². The summed E-state index contributed by atoms with van der Waals surface area (Å²) >= 11 is 0. The highest BCUT2D eigenvalue weighted by molar-refractivity contribution is 5.52. The van der Waals surface area contributed by atoms with Crippen LogP contribution in [0.5, 0.6) is 0 Å². The Morgan fingerprint density at radius 1 is 1.67 bits per heavy atom. The van der Waals surface area contributed by atoms with Crippen LogP contribution in [0, 0.1) is 0 Å². The topological polar surface area (TPSA) is 45.6 Å². The van der Waals surface area contributed by atoms with Crippen molar-refractivity contribution in [3.63, 3.8) is 0 Å². The maximum atomic E-state index is 9.21. The molecule has 1 saturated heterocycles. The molecule has 1 aliphatic rings. The minimum absolute atomic E-state index is 0.0289. The number of rotatable bonds is 3. The van der Waals surface area contributed by atoms with Gasteiger partial charge in [0, 0.05) is 37.3 Å². The van der Waals surface area contributed by atoms with Crippen molar-refractivity contribution in [1.29, 1.82) is 0 Å². The zero-order chi connectivity index (χ0) is 10.7. The van der Waals surface area contributed by atoms with Crippen molar-refractivity contribution in [2.45, 2.75) is 19.1 Å². The second-order valence-electron chi connectivity index (χ2n) is 3.79. The summed E-state index contributed by atoms with van der Waals surface area (Å²) in [5.74, 6) is 0. The van der Waals surface area contributed by atoms with E-state index in [2.05, 4.69) is 9.88 Å². The monoisotopic (exact) mass is 208 g/mol. The highest BCUT2D eigenvalue weighted by Crippen LogP contribution is 2.23. The lowest BCUT2D eigenvalue weighted by Crippen LogP contribution is -2.32. The molecule has 0 saturated carbocycles. The summed E-state index contributed by atoms with van der Waals surface area (Å²) in [6.45, 7) is 1.62. The van der Waals surface area contributed by atoms with Crippen molar-refractivity contribution in [3.8, 4) is 0 Å². The fourth-order valence-corrected chi connectivity index (χ4v) is 1.91. The first-order chi connectivity index (χ1) is 7.33. The molecule has 82 valence electrons. The largest absolute Gasteiger partial charge is 0.392 e. The summed E-state index contributed by atoms with van der Waals surface area (Å²) < 4.78 is 5.35. The number of aromatic nitrogens is 1. The van der Waals surface area contributed by atoms with Crippen LogP contribution in [0.25, 0.3) is 0 Å². The number of nitrogens with zero attached hydrogens (tertiary/aromatic N) is 2. The van der Waals surface area contributed by atoms with Crippen LogP contribution in [0.2, 0.25) is 0 Å². The Bertz CT molecular complexity index is 324. The standard InChI is InChI=1S/C11H16N2O2/c1-13(10-3-5-15-8-10)11-2-4-12-6-9(11)7-14/h2,4,6,10,14H,3,5,7-8H2,1H3. The Hall–Kier alpha value is -1.13. The van der Waals surface area contributed by atoms with E-state index in [9.17, 15) is 5.11 Å². The van der Waals surface area contributed by atoms with Gasteiger partial charge in [-0.25, -0.2) is 0 Å². The summed E-state index contributed by atoms with van der Waals surface area (Å²) in [5, 5.41) is 9.21. The molecule has 0 aliphatic carbocycles. The molecule has 4 nitrogen and oxygen atoms in total. The zero-order valence-electron chi connectivity index (χ0n) is 8.89. The van der Waals surface area contributed by atoms with Crippen molar-refractivity contribution in [2.24, 2.45) is 0 Å². The number of aliphatic hydroxyl groups is 1. The van der Waals surface area contributed by atoms with Crippen molar-refractivity contribution in [3.05, 3.63) is 24.0 Å². The summed E-state index contributed by atoms with van der Waals surface area (Å²) in [6, 6.07) is 2.35. The summed E-state index contributed by atoms with van der Waals surface area (Å²) in [5.41, 5.74) is 1.91. The molecule has 2 rings (SSSR count). The Morgan fingerprint density at radius 3 is 3.20 bits per heavy atom. The molecule has 0 amide bonds. The fraction of sp³-hybridized carbons (Fsp3) is 0.545. The van der Waals surface area contributed by atoms with Crippen LogP contribution in [-0.2, 0) is 11.3 Å². The first-order valence-electron chi connectivity index (χ1n) is 5.17. The lowest BCUT2D eigenvalue weighted by atomic mass is 10.1. The van der Waals surface area contributed by atoms with Gasteiger partial charge in [0.15, 0.2) is 0 Å². The third-order valence-corrected chi connectivity index (χ3v) is 2.88. The number of hydrogen-bond acceptors (Lipinski definition) is 4. The quantitative estimate of drug-likeness (QED) is 0.798. The van der Waals surface area contributed by atoms with E-state index in [1.54, 1.807) is 12.4 Å². The lowest BCUT2D eigenvalue weighted by Gasteiger charge is -2.27. The second-order valence-corrected chi connectivity index (χ2v) is 3.79. The third kappa shape index (κ3) is 2.11. The molecule has 15 heavy (non-hydrogen) atoms. The normalized spacial score (nSPS) is 20.5. The Kier molecular flexibility index (Phi) is 3.18. The second kappa shape index (κ2) is 4.59. The van der Waals surface area contributed by atoms with Crippen LogP contribution < -0.4 is 4.90 Å². The van der Waals surface area contributed by atoms with Gasteiger partial charge in [0.05, 0.1) is 19.3 Å². The molecule has 1 aromatic rings. The van der Waals surface area contributed by atoms with E-state index in [0.717, 1.165) is 30.9 Å². The van der Waals surface area contributed by atoms with Gasteiger partial charge in [0.1, 0.15) is 0 Å². The zero-order valence-corrected chi connectivity index (χ0v) is 8.89. The molecular weight excluding hydrogens is 192 g/mol. The van der Waals surface area contributed by atoms with Crippen LogP contribution in [-0.4, -0.2) is 36.4 Å². The van der Waals surface area contributed by atoms with Gasteiger partial charge in [-0.3, -0.25) is 4.98 Å². The number of likely N-dealkylation sites (N-methyl/N-ethyl adjacent to an activating group) is 1. The van der Waals surface area contributed by atoms with Crippen molar-refractivity contribution >= 4 is 5.69 Å². The van der Waals surface area contributed by atoms with Crippen LogP contribution in [0.3, 0.4) is 0 Å². The van der Waals surface area contributed by atoms with E-state index in [4.69, 9.17) is 4.74 Å². The van der Waals surface area contributed by atoms with Gasteiger partial charge >= 0.3 is 0 Å². The predicted octanol–water partition coefficient (Wildman–Crippen LogP) is 0.799. The first-order valence-corrected chi connectivity index (χ1v) is 5.17. The number of pyridine rings is 1. The molecule has 2 heterocycles. The number of hydrogen-bond donors (Lipinski definition) is 1. The summed E-state index contributed by atoms with van der Waals surface area (Å²) in [7, 11) is 2.04. The van der Waals surface area contributed by atoms with Crippen LogP contribution in [0.4, 0.5) is 5.69 Å². The highest BCUT2D eigenvalue weighted by atomic mass is 16.5. The predicted molar refractivity (Wildman–Crippen MR) is 57.8 cm³/mol. The van der Waals surface area contributed by atoms with Gasteiger partial charge in [-0.1, -0.05) is 0 Å². The third-order valence-electron chi connectivity index (χ3n) is 2.88. The van der Waals surface area contributed by atoms with Crippen molar-refractivity contribution < 1.29 is 9.84 Å². The van der Waals surface area contributed by atoms with E-state index < -0.39 is 0 Å². The Morgan fingerprint density at radius 2 is 2.53 bits per heavy atom. The molecule has 1 unspecified atom stereocenters. The average Bonchev–Trinajstić information content (AvgIpc) is 2.81. The smallest absolute Gasteiger partial charge is 0.0717 e. The first kappa shape index (κ1) is 10.4. The molecule has 1 fully saturated rings. The molecule has 0 radical (unpaired) electrons. The maximum Gasteiger partial charge on any atom is 0.0717 e.